The molecular weight excluding hydrogens is 286 g/mol. The van der Waals surface area contributed by atoms with E-state index in [9.17, 15) is 19.8 Å². The zero-order valence-electron chi connectivity index (χ0n) is 12.0. The maximum absolute atomic E-state index is 11.6. The molecule has 0 aromatic heterocycles. The number of nitrogens with zero attached hydrogens (tertiary/aromatic N) is 3. The van der Waals surface area contributed by atoms with Crippen LogP contribution in [0.25, 0.3) is 10.4 Å². The normalized spacial score (nSPS) is 19.9. The summed E-state index contributed by atoms with van der Waals surface area (Å²) < 4.78 is 0. The molecule has 2 N–H and O–H groups in total. The molecule has 1 aromatic rings. The fourth-order valence-corrected chi connectivity index (χ4v) is 3.21. The van der Waals surface area contributed by atoms with Gasteiger partial charge < -0.3 is 10.2 Å². The van der Waals surface area contributed by atoms with Crippen molar-refractivity contribution in [2.24, 2.45) is 16.4 Å². The molecule has 1 atom stereocenters. The summed E-state index contributed by atoms with van der Waals surface area (Å²) in [6.45, 7) is 0. The lowest BCUT2D eigenvalue weighted by molar-refractivity contribution is -0.172. The molecule has 1 unspecified atom stereocenters. The van der Waals surface area contributed by atoms with Gasteiger partial charge in [-0.2, -0.15) is 0 Å². The number of carboxylic acid groups (broad SMARTS) is 2. The van der Waals surface area contributed by atoms with Crippen LogP contribution in [-0.4, -0.2) is 22.2 Å². The van der Waals surface area contributed by atoms with Gasteiger partial charge in [0.1, 0.15) is 0 Å². The van der Waals surface area contributed by atoms with E-state index in [1.54, 1.807) is 24.3 Å². The zero-order chi connectivity index (χ0) is 16.2. The van der Waals surface area contributed by atoms with Crippen LogP contribution in [0.1, 0.15) is 31.2 Å². The third-order valence-corrected chi connectivity index (χ3v) is 4.41. The standard InChI is InChI=1S/C15H17N3O4/c16-18-17-12-6-4-10(5-7-12)9-11-3-1-2-8-15(11,13(19)20)14(21)22/h4-7,11H,1-3,8-9H2,(H,19,20)(H,21,22). The summed E-state index contributed by atoms with van der Waals surface area (Å²) in [6.07, 6.45) is 2.58. The topological polar surface area (TPSA) is 123 Å². The number of aliphatic carboxylic acids is 2. The van der Waals surface area contributed by atoms with Crippen LogP contribution in [0.4, 0.5) is 5.69 Å². The minimum absolute atomic E-state index is 0.166. The average molecular weight is 303 g/mol. The second kappa shape index (κ2) is 6.49. The lowest BCUT2D eigenvalue weighted by Crippen LogP contribution is -2.48. The van der Waals surface area contributed by atoms with Gasteiger partial charge in [0, 0.05) is 10.6 Å². The fraction of sp³-hybridized carbons (Fsp3) is 0.467. The first-order valence-corrected chi connectivity index (χ1v) is 7.11. The number of carbonyl (C=O) groups is 2. The molecule has 0 bridgehead atoms. The maximum Gasteiger partial charge on any atom is 0.321 e. The van der Waals surface area contributed by atoms with Gasteiger partial charge in [0.05, 0.1) is 0 Å². The summed E-state index contributed by atoms with van der Waals surface area (Å²) in [7, 11) is 0. The van der Waals surface area contributed by atoms with Crippen molar-refractivity contribution in [2.45, 2.75) is 32.1 Å². The van der Waals surface area contributed by atoms with E-state index in [1.165, 1.54) is 0 Å². The van der Waals surface area contributed by atoms with Gasteiger partial charge in [-0.05, 0) is 36.3 Å². The molecule has 116 valence electrons. The van der Waals surface area contributed by atoms with E-state index in [0.29, 0.717) is 24.9 Å². The van der Waals surface area contributed by atoms with Crippen LogP contribution in [0.5, 0.6) is 0 Å². The fourth-order valence-electron chi connectivity index (χ4n) is 3.21. The molecule has 1 saturated carbocycles. The highest BCUT2D eigenvalue weighted by Gasteiger charge is 2.53. The molecule has 22 heavy (non-hydrogen) atoms. The molecule has 0 radical (unpaired) electrons. The van der Waals surface area contributed by atoms with Crippen molar-refractivity contribution in [1.82, 2.24) is 0 Å². The Bertz CT molecular complexity index is 606. The number of benzene rings is 1. The van der Waals surface area contributed by atoms with E-state index in [2.05, 4.69) is 10.0 Å². The molecule has 1 aliphatic carbocycles. The molecule has 7 nitrogen and oxygen atoms in total. The van der Waals surface area contributed by atoms with Gasteiger partial charge in [-0.3, -0.25) is 9.59 Å². The maximum atomic E-state index is 11.6. The van der Waals surface area contributed by atoms with Crippen LogP contribution in [0.3, 0.4) is 0 Å². The molecule has 0 aliphatic heterocycles. The Kier molecular flexibility index (Phi) is 4.68. The molecule has 7 heteroatoms. The van der Waals surface area contributed by atoms with E-state index in [1.807, 2.05) is 0 Å². The predicted octanol–water partition coefficient (Wildman–Crippen LogP) is 3.52. The van der Waals surface area contributed by atoms with Crippen molar-refractivity contribution >= 4 is 17.6 Å². The Morgan fingerprint density at radius 1 is 1.23 bits per heavy atom. The molecule has 0 spiro atoms. The molecular formula is C15H17N3O4. The molecule has 1 fully saturated rings. The van der Waals surface area contributed by atoms with Crippen molar-refractivity contribution in [3.05, 3.63) is 40.3 Å². The van der Waals surface area contributed by atoms with Gasteiger partial charge in [0.25, 0.3) is 0 Å². The number of hydrogen-bond acceptors (Lipinski definition) is 3. The SMILES string of the molecule is [N-]=[N+]=Nc1ccc(CC2CCCCC2(C(=O)O)C(=O)O)cc1. The van der Waals surface area contributed by atoms with Crippen LogP contribution in [0.15, 0.2) is 29.4 Å². The lowest BCUT2D eigenvalue weighted by Gasteiger charge is -2.37. The first-order chi connectivity index (χ1) is 10.5. The number of azide groups is 1. The van der Waals surface area contributed by atoms with E-state index in [-0.39, 0.29) is 6.42 Å². The third-order valence-electron chi connectivity index (χ3n) is 4.41. The predicted molar refractivity (Wildman–Crippen MR) is 78.6 cm³/mol. The van der Waals surface area contributed by atoms with Crippen molar-refractivity contribution in [1.29, 1.82) is 0 Å². The van der Waals surface area contributed by atoms with Gasteiger partial charge in [0.2, 0.25) is 0 Å². The summed E-state index contributed by atoms with van der Waals surface area (Å²) in [5, 5.41) is 22.4. The van der Waals surface area contributed by atoms with Gasteiger partial charge in [0.15, 0.2) is 5.41 Å². The molecule has 2 rings (SSSR count). The van der Waals surface area contributed by atoms with Gasteiger partial charge in [-0.25, -0.2) is 0 Å². The average Bonchev–Trinajstić information content (AvgIpc) is 2.49. The lowest BCUT2D eigenvalue weighted by atomic mass is 9.64. The monoisotopic (exact) mass is 303 g/mol. The Labute approximate surface area is 127 Å². The molecule has 0 heterocycles. The number of hydrogen-bond donors (Lipinski definition) is 2. The first kappa shape index (κ1) is 15.9. The highest BCUT2D eigenvalue weighted by atomic mass is 16.4. The van der Waals surface area contributed by atoms with Crippen LogP contribution in [-0.2, 0) is 16.0 Å². The van der Waals surface area contributed by atoms with E-state index in [4.69, 9.17) is 5.53 Å². The summed E-state index contributed by atoms with van der Waals surface area (Å²) in [6, 6.07) is 6.77. The minimum atomic E-state index is -1.71. The van der Waals surface area contributed by atoms with Gasteiger partial charge in [-0.15, -0.1) is 0 Å². The minimum Gasteiger partial charge on any atom is -0.480 e. The molecule has 1 aromatic carbocycles. The Morgan fingerprint density at radius 2 is 1.86 bits per heavy atom. The van der Waals surface area contributed by atoms with Crippen LogP contribution in [0, 0.1) is 11.3 Å². The summed E-state index contributed by atoms with van der Waals surface area (Å²) in [4.78, 5) is 25.9. The van der Waals surface area contributed by atoms with E-state index >= 15 is 0 Å². The summed E-state index contributed by atoms with van der Waals surface area (Å²) in [5.74, 6) is -2.95. The van der Waals surface area contributed by atoms with Crippen LogP contribution in [0.2, 0.25) is 0 Å². The van der Waals surface area contributed by atoms with E-state index in [0.717, 1.165) is 12.0 Å². The van der Waals surface area contributed by atoms with E-state index < -0.39 is 23.3 Å². The van der Waals surface area contributed by atoms with Gasteiger partial charge in [-0.1, -0.05) is 42.2 Å². The van der Waals surface area contributed by atoms with Crippen LogP contribution >= 0.6 is 0 Å². The molecule has 0 saturated heterocycles. The quantitative estimate of drug-likeness (QED) is 0.373. The summed E-state index contributed by atoms with van der Waals surface area (Å²) >= 11 is 0. The number of carboxylic acids is 2. The highest BCUT2D eigenvalue weighted by Crippen LogP contribution is 2.43. The largest absolute Gasteiger partial charge is 0.480 e. The second-order valence-electron chi connectivity index (χ2n) is 5.58. The van der Waals surface area contributed by atoms with Gasteiger partial charge >= 0.3 is 11.9 Å². The van der Waals surface area contributed by atoms with Crippen molar-refractivity contribution in [2.75, 3.05) is 0 Å². The smallest absolute Gasteiger partial charge is 0.321 e. The van der Waals surface area contributed by atoms with Crippen LogP contribution < -0.4 is 0 Å². The Hall–Kier alpha value is -2.53. The highest BCUT2D eigenvalue weighted by molar-refractivity contribution is 5.98. The molecule has 0 amide bonds. The zero-order valence-corrected chi connectivity index (χ0v) is 12.0. The third kappa shape index (κ3) is 2.89. The first-order valence-electron chi connectivity index (χ1n) is 7.11. The summed E-state index contributed by atoms with van der Waals surface area (Å²) in [5.41, 5.74) is 7.98. The molecule has 1 aliphatic rings. The number of rotatable bonds is 5. The second-order valence-corrected chi connectivity index (χ2v) is 5.58. The van der Waals surface area contributed by atoms with Crippen molar-refractivity contribution < 1.29 is 19.8 Å². The Morgan fingerprint density at radius 3 is 2.41 bits per heavy atom. The van der Waals surface area contributed by atoms with Crippen molar-refractivity contribution in [3.8, 4) is 0 Å². The van der Waals surface area contributed by atoms with Crippen molar-refractivity contribution in [3.63, 3.8) is 0 Å². The Balaban J connectivity index is 2.26.